The van der Waals surface area contributed by atoms with Crippen molar-refractivity contribution in [2.45, 2.75) is 19.1 Å². The Morgan fingerprint density at radius 1 is 0.897 bits per heavy atom. The van der Waals surface area contributed by atoms with Crippen molar-refractivity contribution < 1.29 is 34.8 Å². The molecule has 0 aromatic heterocycles. The van der Waals surface area contributed by atoms with Crippen LogP contribution in [-0.2, 0) is 4.79 Å². The summed E-state index contributed by atoms with van der Waals surface area (Å²) in [6, 6.07) is -0.894. The van der Waals surface area contributed by atoms with Crippen LogP contribution in [0.1, 0.15) is 27.6 Å². The molecule has 13 heteroatoms. The normalized spacial score (nSPS) is 11.9. The molecule has 162 valence electrons. The van der Waals surface area contributed by atoms with E-state index in [9.17, 15) is 29.7 Å². The van der Waals surface area contributed by atoms with Crippen LogP contribution in [0.15, 0.2) is 0 Å². The molecule has 0 aliphatic carbocycles. The highest BCUT2D eigenvalue weighted by atomic mass is 127. The van der Waals surface area contributed by atoms with E-state index < -0.39 is 49.7 Å². The molecule has 1 atom stereocenters. The molecule has 10 nitrogen and oxygen atoms in total. The first-order valence-corrected chi connectivity index (χ1v) is 11.4. The van der Waals surface area contributed by atoms with Gasteiger partial charge in [-0.15, -0.1) is 0 Å². The molecule has 0 saturated heterocycles. The number of amides is 3. The van der Waals surface area contributed by atoms with Crippen molar-refractivity contribution in [3.8, 4) is 0 Å². The second-order valence-corrected chi connectivity index (χ2v) is 9.07. The van der Waals surface area contributed by atoms with Gasteiger partial charge < -0.3 is 36.4 Å². The summed E-state index contributed by atoms with van der Waals surface area (Å²) in [6.45, 7) is -0.415. The summed E-state index contributed by atoms with van der Waals surface area (Å²) in [5.41, 5.74) is 0.465. The van der Waals surface area contributed by atoms with E-state index in [4.69, 9.17) is 5.11 Å². The van der Waals surface area contributed by atoms with Crippen LogP contribution in [-0.4, -0.2) is 76.7 Å². The Balaban J connectivity index is 3.53. The Morgan fingerprint density at radius 3 is 1.86 bits per heavy atom. The van der Waals surface area contributed by atoms with Crippen LogP contribution in [0.5, 0.6) is 0 Å². The lowest BCUT2D eigenvalue weighted by Gasteiger charge is -2.21. The van der Waals surface area contributed by atoms with Crippen LogP contribution < -0.4 is 16.0 Å². The lowest BCUT2D eigenvalue weighted by Crippen LogP contribution is -2.41. The van der Waals surface area contributed by atoms with E-state index in [-0.39, 0.29) is 26.9 Å². The SMILES string of the molecule is CC(=O)Nc1c(I)c(C(=O)NCC(O)CO)c(I)c(C(=O)NC(CO)CO)c1I. The summed E-state index contributed by atoms with van der Waals surface area (Å²) in [6.07, 6.45) is -1.15. The number of hydrogen-bond acceptors (Lipinski definition) is 7. The van der Waals surface area contributed by atoms with E-state index >= 15 is 0 Å². The Bertz CT molecular complexity index is 788. The van der Waals surface area contributed by atoms with Crippen LogP contribution in [0.2, 0.25) is 0 Å². The van der Waals surface area contributed by atoms with Crippen molar-refractivity contribution >= 4 is 91.2 Å². The van der Waals surface area contributed by atoms with E-state index in [1.165, 1.54) is 6.92 Å². The third-order valence-corrected chi connectivity index (χ3v) is 6.79. The number of benzene rings is 1. The summed E-state index contributed by atoms with van der Waals surface area (Å²) >= 11 is 5.58. The molecule has 0 aliphatic heterocycles. The average Bonchev–Trinajstić information content (AvgIpc) is 2.67. The Morgan fingerprint density at radius 2 is 1.41 bits per heavy atom. The molecular weight excluding hydrogens is 727 g/mol. The standard InChI is InChI=1S/C16H20I3N3O7/c1-6(26)21-14-12(18)9(15(28)20-2-8(27)5-25)11(17)10(13(14)19)16(29)22-7(3-23)4-24/h7-8,23-25,27H,2-5H2,1H3,(H,20,28)(H,21,26)(H,22,29). The first kappa shape index (κ1) is 26.7. The van der Waals surface area contributed by atoms with Crippen molar-refractivity contribution in [3.63, 3.8) is 0 Å². The second-order valence-electron chi connectivity index (χ2n) is 5.83. The van der Waals surface area contributed by atoms with Gasteiger partial charge >= 0.3 is 0 Å². The van der Waals surface area contributed by atoms with Crippen molar-refractivity contribution in [1.82, 2.24) is 10.6 Å². The van der Waals surface area contributed by atoms with Crippen molar-refractivity contribution in [2.24, 2.45) is 0 Å². The smallest absolute Gasteiger partial charge is 0.253 e. The number of rotatable bonds is 9. The predicted octanol–water partition coefficient (Wildman–Crippen LogP) is -0.375. The molecule has 29 heavy (non-hydrogen) atoms. The Kier molecular flexibility index (Phi) is 11.5. The number of aliphatic hydroxyl groups is 4. The molecule has 1 aromatic carbocycles. The molecule has 0 heterocycles. The Labute approximate surface area is 207 Å². The van der Waals surface area contributed by atoms with Crippen molar-refractivity contribution in [2.75, 3.05) is 31.7 Å². The molecule has 7 N–H and O–H groups in total. The van der Waals surface area contributed by atoms with E-state index in [0.717, 1.165) is 0 Å². The monoisotopic (exact) mass is 747 g/mol. The van der Waals surface area contributed by atoms with Crippen molar-refractivity contribution in [3.05, 3.63) is 21.8 Å². The molecule has 3 amide bonds. The number of halogens is 3. The fourth-order valence-electron chi connectivity index (χ4n) is 2.12. The molecule has 0 radical (unpaired) electrons. The molecule has 0 aliphatic rings. The average molecular weight is 747 g/mol. The highest BCUT2D eigenvalue weighted by Gasteiger charge is 2.29. The predicted molar refractivity (Wildman–Crippen MR) is 130 cm³/mol. The molecule has 0 saturated carbocycles. The fraction of sp³-hybridized carbons (Fsp3) is 0.438. The fourth-order valence-corrected chi connectivity index (χ4v) is 6.53. The van der Waals surface area contributed by atoms with Crippen LogP contribution >= 0.6 is 67.8 Å². The number of carbonyl (C=O) groups excluding carboxylic acids is 3. The van der Waals surface area contributed by atoms with E-state index in [2.05, 4.69) is 16.0 Å². The van der Waals surface area contributed by atoms with Crippen LogP contribution in [0.3, 0.4) is 0 Å². The number of hydrogen-bond donors (Lipinski definition) is 7. The summed E-state index contributed by atoms with van der Waals surface area (Å²) < 4.78 is 1.05. The van der Waals surface area contributed by atoms with Gasteiger partial charge in [-0.25, -0.2) is 0 Å². The third-order valence-electron chi connectivity index (χ3n) is 3.56. The maximum atomic E-state index is 12.8. The first-order chi connectivity index (χ1) is 13.6. The summed E-state index contributed by atoms with van der Waals surface area (Å²) in [4.78, 5) is 37.2. The van der Waals surface area contributed by atoms with Crippen LogP contribution in [0, 0.1) is 10.7 Å². The van der Waals surface area contributed by atoms with Gasteiger partial charge in [0.2, 0.25) is 5.91 Å². The topological polar surface area (TPSA) is 168 Å². The highest BCUT2D eigenvalue weighted by Crippen LogP contribution is 2.35. The van der Waals surface area contributed by atoms with Gasteiger partial charge in [0, 0.05) is 17.0 Å². The van der Waals surface area contributed by atoms with E-state index in [1.54, 1.807) is 0 Å². The quantitative estimate of drug-likeness (QED) is 0.169. The van der Waals surface area contributed by atoms with Gasteiger partial charge in [-0.3, -0.25) is 14.4 Å². The summed E-state index contributed by atoms with van der Waals surface area (Å²) in [5.74, 6) is -1.65. The van der Waals surface area contributed by atoms with Gasteiger partial charge in [-0.1, -0.05) is 0 Å². The van der Waals surface area contributed by atoms with Gasteiger partial charge in [0.05, 0.1) is 55.9 Å². The zero-order valence-electron chi connectivity index (χ0n) is 15.1. The molecule has 0 bridgehead atoms. The molecular formula is C16H20I3N3O7. The third kappa shape index (κ3) is 7.10. The lowest BCUT2D eigenvalue weighted by molar-refractivity contribution is -0.114. The summed E-state index contributed by atoms with van der Waals surface area (Å²) in [7, 11) is 0. The molecule has 0 spiro atoms. The van der Waals surface area contributed by atoms with E-state index in [1.807, 2.05) is 67.8 Å². The highest BCUT2D eigenvalue weighted by molar-refractivity contribution is 14.1. The molecule has 0 fully saturated rings. The van der Waals surface area contributed by atoms with Gasteiger partial charge in [0.15, 0.2) is 0 Å². The number of aliphatic hydroxyl groups excluding tert-OH is 4. The molecule has 1 rings (SSSR count). The minimum absolute atomic E-state index is 0.0927. The van der Waals surface area contributed by atoms with Gasteiger partial charge in [-0.2, -0.15) is 0 Å². The van der Waals surface area contributed by atoms with Crippen LogP contribution in [0.25, 0.3) is 0 Å². The second kappa shape index (κ2) is 12.5. The largest absolute Gasteiger partial charge is 0.394 e. The minimum Gasteiger partial charge on any atom is -0.394 e. The van der Waals surface area contributed by atoms with Gasteiger partial charge in [0.1, 0.15) is 0 Å². The number of anilines is 1. The number of carbonyl (C=O) groups is 3. The first-order valence-electron chi connectivity index (χ1n) is 8.16. The van der Waals surface area contributed by atoms with Gasteiger partial charge in [-0.05, 0) is 67.8 Å². The zero-order chi connectivity index (χ0) is 22.3. The molecule has 1 unspecified atom stereocenters. The zero-order valence-corrected chi connectivity index (χ0v) is 21.6. The minimum atomic E-state index is -1.15. The molecule has 1 aromatic rings. The van der Waals surface area contributed by atoms with Crippen LogP contribution in [0.4, 0.5) is 5.69 Å². The van der Waals surface area contributed by atoms with Gasteiger partial charge in [0.25, 0.3) is 11.8 Å². The maximum Gasteiger partial charge on any atom is 0.253 e. The maximum absolute atomic E-state index is 12.8. The van der Waals surface area contributed by atoms with E-state index in [0.29, 0.717) is 7.14 Å². The lowest BCUT2D eigenvalue weighted by atomic mass is 10.1. The Hall–Kier alpha value is -0.340. The van der Waals surface area contributed by atoms with Crippen molar-refractivity contribution in [1.29, 1.82) is 0 Å². The summed E-state index contributed by atoms with van der Waals surface area (Å²) in [5, 5.41) is 44.4. The number of nitrogens with one attached hydrogen (secondary N) is 3.